The number of amides is 2. The van der Waals surface area contributed by atoms with E-state index in [-0.39, 0.29) is 42.0 Å². The number of alkyl halides is 3. The van der Waals surface area contributed by atoms with Crippen molar-refractivity contribution in [2.75, 3.05) is 0 Å². The Labute approximate surface area is 267 Å². The third-order valence-corrected chi connectivity index (χ3v) is 6.37. The van der Waals surface area contributed by atoms with Crippen LogP contribution in [0, 0.1) is 0 Å². The summed E-state index contributed by atoms with van der Waals surface area (Å²) in [5.74, 6) is -1.08. The largest absolute Gasteiger partial charge is 0.461 e. The fourth-order valence-corrected chi connectivity index (χ4v) is 4.03. The molecule has 2 aromatic carbocycles. The lowest BCUT2D eigenvalue weighted by Gasteiger charge is -2.16. The van der Waals surface area contributed by atoms with Gasteiger partial charge in [-0.3, -0.25) is 9.59 Å². The minimum absolute atomic E-state index is 0.0635. The fraction of sp³-hybridized carbons (Fsp3) is 0.189. The second-order valence-corrected chi connectivity index (χ2v) is 9.55. The zero-order chi connectivity index (χ0) is 34.1. The molecule has 0 spiro atoms. The van der Waals surface area contributed by atoms with Gasteiger partial charge in [0.25, 0.3) is 11.8 Å². The van der Waals surface area contributed by atoms with Crippen LogP contribution < -0.4 is 10.6 Å². The van der Waals surface area contributed by atoms with Gasteiger partial charge in [0.05, 0.1) is 11.1 Å². The van der Waals surface area contributed by atoms with Crippen molar-refractivity contribution in [3.63, 3.8) is 0 Å². The third kappa shape index (κ3) is 11.7. The Bertz CT molecular complexity index is 1580. The van der Waals surface area contributed by atoms with Crippen LogP contribution in [0.5, 0.6) is 0 Å². The van der Waals surface area contributed by atoms with Gasteiger partial charge in [-0.25, -0.2) is 4.39 Å². The minimum atomic E-state index is -4.57. The molecule has 5 nitrogen and oxygen atoms in total. The van der Waals surface area contributed by atoms with Crippen LogP contribution in [0.1, 0.15) is 50.3 Å². The number of hydrogen-bond acceptors (Lipinski definition) is 3. The number of halogens is 4. The topological polar surface area (TPSA) is 67.4 Å². The first kappa shape index (κ1) is 37.0. The number of rotatable bonds is 12. The zero-order valence-electron chi connectivity index (χ0n) is 26.1. The maximum Gasteiger partial charge on any atom is 0.416 e. The van der Waals surface area contributed by atoms with Gasteiger partial charge in [-0.05, 0) is 49.3 Å². The van der Waals surface area contributed by atoms with Crippen molar-refractivity contribution in [3.05, 3.63) is 161 Å². The highest BCUT2D eigenvalue weighted by molar-refractivity contribution is 5.95. The number of hydrogen-bond donors (Lipinski definition) is 2. The molecule has 0 radical (unpaired) electrons. The predicted molar refractivity (Wildman–Crippen MR) is 175 cm³/mol. The molecule has 2 N–H and O–H groups in total. The maximum absolute atomic E-state index is 13.5. The number of carbonyl (C=O) groups excluding carboxylic acids is 2. The molecule has 1 aliphatic rings. The van der Waals surface area contributed by atoms with E-state index in [0.717, 1.165) is 6.07 Å². The molecule has 9 heteroatoms. The van der Waals surface area contributed by atoms with Crippen LogP contribution in [0.4, 0.5) is 17.6 Å². The van der Waals surface area contributed by atoms with E-state index in [4.69, 9.17) is 4.74 Å². The average molecular weight is 635 g/mol. The summed E-state index contributed by atoms with van der Waals surface area (Å²) < 4.78 is 59.8. The van der Waals surface area contributed by atoms with Crippen LogP contribution in [0.3, 0.4) is 0 Å². The third-order valence-electron chi connectivity index (χ3n) is 6.37. The van der Waals surface area contributed by atoms with E-state index >= 15 is 0 Å². The molecule has 242 valence electrons. The standard InChI is InChI=1S/C35H32F4N2O3.C2H6/c1-4-12-30(41-34(43)27-16-10-17-29(36)22-21-27)18-11-20-32(44-25(3)26-13-6-5-7-14-26)24(2)33(42)40-23-28-15-8-9-19-31(28)35(37,38)39;1-2/h4-15,17-19,21-22H,1,3,16,20,23H2,2H3,(H,40,42)(H,41,43);1-2H3/b18-11-,30-12+,32-24+;. The molecule has 0 aromatic heterocycles. The van der Waals surface area contributed by atoms with Gasteiger partial charge in [0.1, 0.15) is 17.3 Å². The Morgan fingerprint density at radius 1 is 1.02 bits per heavy atom. The lowest BCUT2D eigenvalue weighted by Crippen LogP contribution is -2.26. The summed E-state index contributed by atoms with van der Waals surface area (Å²) in [6.45, 7) is 12.8. The Morgan fingerprint density at radius 2 is 1.70 bits per heavy atom. The van der Waals surface area contributed by atoms with Crippen molar-refractivity contribution in [2.45, 2.75) is 46.3 Å². The predicted octanol–water partition coefficient (Wildman–Crippen LogP) is 9.18. The van der Waals surface area contributed by atoms with E-state index < -0.39 is 29.4 Å². The van der Waals surface area contributed by atoms with Gasteiger partial charge >= 0.3 is 6.18 Å². The first-order chi connectivity index (χ1) is 22.0. The van der Waals surface area contributed by atoms with Crippen LogP contribution >= 0.6 is 0 Å². The molecule has 0 aliphatic heterocycles. The fourth-order valence-electron chi connectivity index (χ4n) is 4.03. The summed E-state index contributed by atoms with van der Waals surface area (Å²) >= 11 is 0. The second kappa shape index (κ2) is 18.6. The minimum Gasteiger partial charge on any atom is -0.461 e. The maximum atomic E-state index is 13.5. The first-order valence-electron chi connectivity index (χ1n) is 14.6. The van der Waals surface area contributed by atoms with Crippen LogP contribution in [-0.2, 0) is 27.0 Å². The highest BCUT2D eigenvalue weighted by Crippen LogP contribution is 2.32. The first-order valence-corrected chi connectivity index (χ1v) is 14.6. The van der Waals surface area contributed by atoms with Gasteiger partial charge in [-0.1, -0.05) is 99.8 Å². The number of carbonyl (C=O) groups is 2. The van der Waals surface area contributed by atoms with Crippen molar-refractivity contribution >= 4 is 17.6 Å². The van der Waals surface area contributed by atoms with E-state index in [0.29, 0.717) is 16.8 Å². The second-order valence-electron chi connectivity index (χ2n) is 9.55. The summed E-state index contributed by atoms with van der Waals surface area (Å²) in [7, 11) is 0. The smallest absolute Gasteiger partial charge is 0.416 e. The number of allylic oxidation sites excluding steroid dienone is 9. The summed E-state index contributed by atoms with van der Waals surface area (Å²) in [6, 6.07) is 14.0. The van der Waals surface area contributed by atoms with E-state index in [1.54, 1.807) is 48.6 Å². The summed E-state index contributed by atoms with van der Waals surface area (Å²) in [5, 5.41) is 5.28. The van der Waals surface area contributed by atoms with Crippen LogP contribution in [0.15, 0.2) is 145 Å². The van der Waals surface area contributed by atoms with Crippen molar-refractivity contribution in [1.82, 2.24) is 10.6 Å². The molecule has 1 aliphatic carbocycles. The molecule has 46 heavy (non-hydrogen) atoms. The molecule has 2 amide bonds. The average Bonchev–Trinajstić information content (AvgIpc) is 3.28. The molecule has 0 fully saturated rings. The van der Waals surface area contributed by atoms with Crippen LogP contribution in [-0.4, -0.2) is 11.8 Å². The molecule has 2 aromatic rings. The Hall–Kier alpha value is -5.18. The Balaban J connectivity index is 0.00000361. The van der Waals surface area contributed by atoms with Gasteiger partial charge in [0, 0.05) is 29.8 Å². The van der Waals surface area contributed by atoms with Gasteiger partial charge in [-0.15, -0.1) is 0 Å². The SMILES string of the molecule is C=C/C=C(\C=C/C/C(OC(=C)c1ccccc1)=C(/C)C(=O)NCc1ccccc1C(F)(F)F)NC(=O)C1=CC=C(F)C=CC1.CC. The molecule has 0 bridgehead atoms. The van der Waals surface area contributed by atoms with Crippen molar-refractivity contribution in [3.8, 4) is 0 Å². The van der Waals surface area contributed by atoms with Crippen LogP contribution in [0.2, 0.25) is 0 Å². The molecule has 0 atom stereocenters. The molecular formula is C37H38F4N2O3. The zero-order valence-corrected chi connectivity index (χ0v) is 26.1. The summed E-state index contributed by atoms with van der Waals surface area (Å²) in [6.07, 6.45) is 7.42. The molecule has 0 heterocycles. The molecule has 0 unspecified atom stereocenters. The molecule has 0 saturated carbocycles. The van der Waals surface area contributed by atoms with E-state index in [2.05, 4.69) is 23.8 Å². The quantitative estimate of drug-likeness (QED) is 0.106. The van der Waals surface area contributed by atoms with E-state index in [9.17, 15) is 27.2 Å². The van der Waals surface area contributed by atoms with Gasteiger partial charge in [0.15, 0.2) is 0 Å². The lowest BCUT2D eigenvalue weighted by atomic mass is 10.1. The van der Waals surface area contributed by atoms with Crippen molar-refractivity contribution < 1.29 is 31.9 Å². The van der Waals surface area contributed by atoms with Gasteiger partial charge in [-0.2, -0.15) is 13.2 Å². The highest BCUT2D eigenvalue weighted by atomic mass is 19.4. The van der Waals surface area contributed by atoms with Crippen molar-refractivity contribution in [2.24, 2.45) is 0 Å². The summed E-state index contributed by atoms with van der Waals surface area (Å²) in [5.41, 5.74) is 0.593. The number of ether oxygens (including phenoxy) is 1. The number of nitrogens with one attached hydrogen (secondary N) is 2. The normalized spacial score (nSPS) is 13.7. The van der Waals surface area contributed by atoms with Gasteiger partial charge in [0.2, 0.25) is 0 Å². The lowest BCUT2D eigenvalue weighted by molar-refractivity contribution is -0.138. The molecular weight excluding hydrogens is 596 g/mol. The number of benzene rings is 2. The Morgan fingerprint density at radius 3 is 2.37 bits per heavy atom. The van der Waals surface area contributed by atoms with E-state index in [1.165, 1.54) is 49.4 Å². The molecule has 0 saturated heterocycles. The monoisotopic (exact) mass is 634 g/mol. The van der Waals surface area contributed by atoms with Crippen LogP contribution in [0.25, 0.3) is 5.76 Å². The van der Waals surface area contributed by atoms with Crippen molar-refractivity contribution in [1.29, 1.82) is 0 Å². The highest BCUT2D eigenvalue weighted by Gasteiger charge is 2.32. The summed E-state index contributed by atoms with van der Waals surface area (Å²) in [4.78, 5) is 25.9. The Kier molecular flexibility index (Phi) is 15.0. The van der Waals surface area contributed by atoms with E-state index in [1.807, 2.05) is 19.9 Å². The molecule has 3 rings (SSSR count). The van der Waals surface area contributed by atoms with Gasteiger partial charge < -0.3 is 15.4 Å².